The van der Waals surface area contributed by atoms with Gasteiger partial charge in [0.25, 0.3) is 0 Å². The molecule has 0 unspecified atom stereocenters. The van der Waals surface area contributed by atoms with Gasteiger partial charge in [0.2, 0.25) is 0 Å². The Hall–Kier alpha value is -0.0400. The van der Waals surface area contributed by atoms with Crippen LogP contribution in [-0.4, -0.2) is 12.6 Å². The molecule has 1 fully saturated rings. The first-order valence-corrected chi connectivity index (χ1v) is 5.27. The standard InChI is InChI=1S/C10H21N/c1-2-3-4-5-7-10-8-6-9-11-10/h10-11H,2-9H2,1H3/p+1/t10-/m1/s1. The van der Waals surface area contributed by atoms with Crippen LogP contribution in [0.4, 0.5) is 0 Å². The molecule has 66 valence electrons. The van der Waals surface area contributed by atoms with Gasteiger partial charge >= 0.3 is 0 Å². The number of nitrogens with two attached hydrogens (primary N) is 1. The van der Waals surface area contributed by atoms with Crippen LogP contribution in [0.5, 0.6) is 0 Å². The van der Waals surface area contributed by atoms with Gasteiger partial charge in [-0.1, -0.05) is 26.2 Å². The second kappa shape index (κ2) is 5.59. The molecule has 1 atom stereocenters. The Labute approximate surface area is 70.6 Å². The SMILES string of the molecule is CCCCCC[C@@H]1CCC[NH2+]1. The van der Waals surface area contributed by atoms with Crippen molar-refractivity contribution in [1.82, 2.24) is 0 Å². The van der Waals surface area contributed by atoms with E-state index in [1.165, 1.54) is 51.5 Å². The second-order valence-corrected chi connectivity index (χ2v) is 3.78. The summed E-state index contributed by atoms with van der Waals surface area (Å²) in [5.41, 5.74) is 0. The molecular formula is C10H22N+. The molecule has 0 amide bonds. The molecule has 0 aromatic rings. The molecule has 1 nitrogen and oxygen atoms in total. The molecule has 0 bridgehead atoms. The molecule has 0 radical (unpaired) electrons. The molecule has 1 heteroatoms. The summed E-state index contributed by atoms with van der Waals surface area (Å²) in [5.74, 6) is 0. The summed E-state index contributed by atoms with van der Waals surface area (Å²) in [7, 11) is 0. The van der Waals surface area contributed by atoms with Gasteiger partial charge in [0.15, 0.2) is 0 Å². The lowest BCUT2D eigenvalue weighted by atomic mass is 10.1. The number of rotatable bonds is 5. The van der Waals surface area contributed by atoms with E-state index >= 15 is 0 Å². The van der Waals surface area contributed by atoms with Gasteiger partial charge < -0.3 is 5.32 Å². The average Bonchev–Trinajstić information content (AvgIpc) is 2.50. The summed E-state index contributed by atoms with van der Waals surface area (Å²) < 4.78 is 0. The van der Waals surface area contributed by atoms with Gasteiger partial charge in [0, 0.05) is 12.8 Å². The van der Waals surface area contributed by atoms with Crippen molar-refractivity contribution in [1.29, 1.82) is 0 Å². The summed E-state index contributed by atoms with van der Waals surface area (Å²) in [6.45, 7) is 3.67. The van der Waals surface area contributed by atoms with Gasteiger partial charge in [-0.15, -0.1) is 0 Å². The van der Waals surface area contributed by atoms with Crippen LogP contribution in [0.25, 0.3) is 0 Å². The second-order valence-electron chi connectivity index (χ2n) is 3.78. The van der Waals surface area contributed by atoms with E-state index in [1.54, 1.807) is 0 Å². The van der Waals surface area contributed by atoms with E-state index in [-0.39, 0.29) is 0 Å². The van der Waals surface area contributed by atoms with Gasteiger partial charge in [0.05, 0.1) is 12.6 Å². The maximum Gasteiger partial charge on any atom is 0.0861 e. The van der Waals surface area contributed by atoms with E-state index in [0.717, 1.165) is 6.04 Å². The lowest BCUT2D eigenvalue weighted by molar-refractivity contribution is -0.670. The highest BCUT2D eigenvalue weighted by molar-refractivity contribution is 4.59. The molecule has 0 saturated carbocycles. The molecule has 1 aliphatic heterocycles. The summed E-state index contributed by atoms with van der Waals surface area (Å²) in [4.78, 5) is 0. The first kappa shape index (κ1) is 9.05. The number of unbranched alkanes of at least 4 members (excludes halogenated alkanes) is 3. The Morgan fingerprint density at radius 2 is 2.18 bits per heavy atom. The van der Waals surface area contributed by atoms with Crippen LogP contribution in [0.3, 0.4) is 0 Å². The van der Waals surface area contributed by atoms with Crippen molar-refractivity contribution in [3.63, 3.8) is 0 Å². The third-order valence-corrected chi connectivity index (χ3v) is 2.71. The minimum absolute atomic E-state index is 0.992. The number of hydrogen-bond acceptors (Lipinski definition) is 0. The van der Waals surface area contributed by atoms with Crippen LogP contribution < -0.4 is 5.32 Å². The van der Waals surface area contributed by atoms with E-state index in [2.05, 4.69) is 12.2 Å². The maximum absolute atomic E-state index is 2.53. The molecular weight excluding hydrogens is 134 g/mol. The zero-order valence-corrected chi connectivity index (χ0v) is 7.81. The van der Waals surface area contributed by atoms with Crippen LogP contribution in [-0.2, 0) is 0 Å². The summed E-state index contributed by atoms with van der Waals surface area (Å²) in [6.07, 6.45) is 10.1. The third kappa shape index (κ3) is 3.76. The lowest BCUT2D eigenvalue weighted by Gasteiger charge is -2.05. The largest absolute Gasteiger partial charge is 0.344 e. The summed E-state index contributed by atoms with van der Waals surface area (Å²) >= 11 is 0. The molecule has 11 heavy (non-hydrogen) atoms. The molecule has 0 aliphatic carbocycles. The Morgan fingerprint density at radius 1 is 1.27 bits per heavy atom. The highest BCUT2D eigenvalue weighted by atomic mass is 14.9. The Bertz CT molecular complexity index is 84.9. The molecule has 1 heterocycles. The van der Waals surface area contributed by atoms with Crippen molar-refractivity contribution in [3.05, 3.63) is 0 Å². The van der Waals surface area contributed by atoms with E-state index < -0.39 is 0 Å². The zero-order valence-electron chi connectivity index (χ0n) is 7.81. The van der Waals surface area contributed by atoms with Crippen LogP contribution >= 0.6 is 0 Å². The molecule has 2 N–H and O–H groups in total. The summed E-state index contributed by atoms with van der Waals surface area (Å²) in [5, 5.41) is 2.53. The van der Waals surface area contributed by atoms with Crippen LogP contribution in [0.2, 0.25) is 0 Å². The quantitative estimate of drug-likeness (QED) is 0.583. The predicted molar refractivity (Wildman–Crippen MR) is 48.6 cm³/mol. The van der Waals surface area contributed by atoms with Crippen molar-refractivity contribution in [2.24, 2.45) is 0 Å². The van der Waals surface area contributed by atoms with E-state index in [4.69, 9.17) is 0 Å². The first-order valence-electron chi connectivity index (χ1n) is 5.27. The fourth-order valence-corrected chi connectivity index (χ4v) is 1.95. The lowest BCUT2D eigenvalue weighted by Crippen LogP contribution is -2.86. The highest BCUT2D eigenvalue weighted by Gasteiger charge is 2.16. The zero-order chi connectivity index (χ0) is 7.94. The maximum atomic E-state index is 2.53. The smallest absolute Gasteiger partial charge is 0.0861 e. The van der Waals surface area contributed by atoms with E-state index in [1.807, 2.05) is 0 Å². The summed E-state index contributed by atoms with van der Waals surface area (Å²) in [6, 6.07) is 0.992. The minimum atomic E-state index is 0.992. The van der Waals surface area contributed by atoms with Crippen LogP contribution in [0, 0.1) is 0 Å². The third-order valence-electron chi connectivity index (χ3n) is 2.71. The molecule has 1 rings (SSSR count). The van der Waals surface area contributed by atoms with Gasteiger partial charge in [-0.05, 0) is 12.8 Å². The topological polar surface area (TPSA) is 16.6 Å². The van der Waals surface area contributed by atoms with E-state index in [0.29, 0.717) is 0 Å². The Balaban J connectivity index is 1.86. The van der Waals surface area contributed by atoms with Crippen LogP contribution in [0.15, 0.2) is 0 Å². The normalized spacial score (nSPS) is 24.3. The Kier molecular flexibility index (Phi) is 4.60. The van der Waals surface area contributed by atoms with Crippen molar-refractivity contribution in [2.45, 2.75) is 57.9 Å². The highest BCUT2D eigenvalue weighted by Crippen LogP contribution is 2.08. The minimum Gasteiger partial charge on any atom is -0.344 e. The fourth-order valence-electron chi connectivity index (χ4n) is 1.95. The molecule has 0 spiro atoms. The number of hydrogen-bond donors (Lipinski definition) is 1. The average molecular weight is 156 g/mol. The van der Waals surface area contributed by atoms with Gasteiger partial charge in [-0.25, -0.2) is 0 Å². The Morgan fingerprint density at radius 3 is 2.82 bits per heavy atom. The van der Waals surface area contributed by atoms with Crippen molar-refractivity contribution in [3.8, 4) is 0 Å². The van der Waals surface area contributed by atoms with E-state index in [9.17, 15) is 0 Å². The molecule has 0 aromatic heterocycles. The molecule has 1 saturated heterocycles. The fraction of sp³-hybridized carbons (Fsp3) is 1.00. The van der Waals surface area contributed by atoms with Gasteiger partial charge in [0.1, 0.15) is 0 Å². The van der Waals surface area contributed by atoms with Gasteiger partial charge in [-0.2, -0.15) is 0 Å². The molecule has 1 aliphatic rings. The first-order chi connectivity index (χ1) is 5.43. The predicted octanol–water partition coefficient (Wildman–Crippen LogP) is 1.68. The van der Waals surface area contributed by atoms with Crippen molar-refractivity contribution >= 4 is 0 Å². The number of quaternary nitrogens is 1. The molecule has 0 aromatic carbocycles. The van der Waals surface area contributed by atoms with Crippen LogP contribution in [0.1, 0.15) is 51.9 Å². The van der Waals surface area contributed by atoms with Crippen molar-refractivity contribution < 1.29 is 5.32 Å². The van der Waals surface area contributed by atoms with Crippen molar-refractivity contribution in [2.75, 3.05) is 6.54 Å². The monoisotopic (exact) mass is 156 g/mol. The van der Waals surface area contributed by atoms with Gasteiger partial charge in [-0.3, -0.25) is 0 Å².